The number of rotatable bonds is 5. The van der Waals surface area contributed by atoms with Crippen LogP contribution in [0.1, 0.15) is 16.1 Å². The summed E-state index contributed by atoms with van der Waals surface area (Å²) in [7, 11) is -3.82. The van der Waals surface area contributed by atoms with E-state index >= 15 is 0 Å². The minimum absolute atomic E-state index is 0.0232. The first-order chi connectivity index (χ1) is 9.90. The Hall–Kier alpha value is -1.59. The van der Waals surface area contributed by atoms with Crippen molar-refractivity contribution in [2.45, 2.75) is 11.4 Å². The fourth-order valence-electron chi connectivity index (χ4n) is 1.52. The maximum atomic E-state index is 12.1. The number of carboxylic acid groups (broad SMARTS) is 1. The molecule has 7 nitrogen and oxygen atoms in total. The van der Waals surface area contributed by atoms with Crippen LogP contribution in [0.5, 0.6) is 0 Å². The summed E-state index contributed by atoms with van der Waals surface area (Å²) >= 11 is 1.84. The van der Waals surface area contributed by atoms with Crippen molar-refractivity contribution in [3.8, 4) is 0 Å². The van der Waals surface area contributed by atoms with Gasteiger partial charge in [-0.15, -0.1) is 0 Å². The molecule has 0 saturated heterocycles. The highest BCUT2D eigenvalue weighted by Gasteiger charge is 2.18. The second-order valence-corrected chi connectivity index (χ2v) is 6.92. The fourth-order valence-corrected chi connectivity index (χ4v) is 3.11. The van der Waals surface area contributed by atoms with Gasteiger partial charge < -0.3 is 5.11 Å². The summed E-state index contributed by atoms with van der Waals surface area (Å²) in [5.74, 6) is -1.18. The molecule has 0 atom stereocenters. The lowest BCUT2D eigenvalue weighted by molar-refractivity contribution is 0.0695. The first-order valence-corrected chi connectivity index (χ1v) is 8.25. The molecule has 0 bridgehead atoms. The van der Waals surface area contributed by atoms with Crippen molar-refractivity contribution in [3.63, 3.8) is 0 Å². The van der Waals surface area contributed by atoms with Crippen LogP contribution in [-0.4, -0.2) is 29.7 Å². The number of carbonyl (C=O) groups is 1. The topological polar surface area (TPSA) is 109 Å². The SMILES string of the molecule is O=C(O)c1cc(S(=O)(=O)NCc2cccnn2)ccc1I. The van der Waals surface area contributed by atoms with Crippen LogP contribution >= 0.6 is 22.6 Å². The number of nitrogens with zero attached hydrogens (tertiary/aromatic N) is 2. The molecule has 1 aromatic carbocycles. The highest BCUT2D eigenvalue weighted by molar-refractivity contribution is 14.1. The van der Waals surface area contributed by atoms with E-state index in [0.717, 1.165) is 6.07 Å². The molecule has 1 heterocycles. The third-order valence-electron chi connectivity index (χ3n) is 2.55. The molecule has 0 radical (unpaired) electrons. The summed E-state index contributed by atoms with van der Waals surface area (Å²) in [4.78, 5) is 10.9. The number of benzene rings is 1. The molecular formula is C12H10IN3O4S. The van der Waals surface area contributed by atoms with Gasteiger partial charge in [-0.1, -0.05) is 0 Å². The normalized spacial score (nSPS) is 11.3. The second-order valence-electron chi connectivity index (χ2n) is 3.99. The predicted molar refractivity (Wildman–Crippen MR) is 82.2 cm³/mol. The first kappa shape index (κ1) is 15.8. The van der Waals surface area contributed by atoms with E-state index in [4.69, 9.17) is 5.11 Å². The Morgan fingerprint density at radius 3 is 2.71 bits per heavy atom. The molecule has 2 rings (SSSR count). The van der Waals surface area contributed by atoms with Crippen LogP contribution in [-0.2, 0) is 16.6 Å². The van der Waals surface area contributed by atoms with E-state index in [1.165, 1.54) is 18.3 Å². The highest BCUT2D eigenvalue weighted by atomic mass is 127. The van der Waals surface area contributed by atoms with Crippen molar-refractivity contribution in [1.82, 2.24) is 14.9 Å². The third kappa shape index (κ3) is 3.95. The highest BCUT2D eigenvalue weighted by Crippen LogP contribution is 2.18. The number of aromatic nitrogens is 2. The van der Waals surface area contributed by atoms with Gasteiger partial charge in [0.05, 0.1) is 22.7 Å². The van der Waals surface area contributed by atoms with Crippen LogP contribution in [0.3, 0.4) is 0 Å². The van der Waals surface area contributed by atoms with Gasteiger partial charge in [0.15, 0.2) is 0 Å². The molecule has 0 aliphatic carbocycles. The monoisotopic (exact) mass is 419 g/mol. The largest absolute Gasteiger partial charge is 0.478 e. The number of nitrogens with one attached hydrogen (secondary N) is 1. The molecule has 0 unspecified atom stereocenters. The number of sulfonamides is 1. The van der Waals surface area contributed by atoms with Crippen LogP contribution in [0.4, 0.5) is 0 Å². The third-order valence-corrected chi connectivity index (χ3v) is 4.89. The van der Waals surface area contributed by atoms with Crippen molar-refractivity contribution >= 4 is 38.6 Å². The van der Waals surface area contributed by atoms with E-state index in [0.29, 0.717) is 9.26 Å². The molecule has 21 heavy (non-hydrogen) atoms. The van der Waals surface area contributed by atoms with Crippen LogP contribution < -0.4 is 4.72 Å². The molecule has 0 saturated carbocycles. The lowest BCUT2D eigenvalue weighted by atomic mass is 10.2. The summed E-state index contributed by atoms with van der Waals surface area (Å²) in [5, 5.41) is 16.4. The van der Waals surface area contributed by atoms with E-state index in [1.54, 1.807) is 12.1 Å². The van der Waals surface area contributed by atoms with Gasteiger partial charge in [-0.3, -0.25) is 0 Å². The molecule has 0 spiro atoms. The van der Waals surface area contributed by atoms with E-state index in [1.807, 2.05) is 22.6 Å². The number of carboxylic acids is 1. The Balaban J connectivity index is 2.24. The van der Waals surface area contributed by atoms with Gasteiger partial charge in [0, 0.05) is 9.77 Å². The second kappa shape index (κ2) is 6.45. The van der Waals surface area contributed by atoms with Crippen LogP contribution in [0.25, 0.3) is 0 Å². The molecule has 0 aliphatic rings. The lowest BCUT2D eigenvalue weighted by Gasteiger charge is -2.07. The van der Waals surface area contributed by atoms with Gasteiger partial charge in [0.25, 0.3) is 0 Å². The van der Waals surface area contributed by atoms with Crippen LogP contribution in [0.15, 0.2) is 41.4 Å². The summed E-state index contributed by atoms with van der Waals surface area (Å²) in [5.41, 5.74) is 0.406. The molecular weight excluding hydrogens is 409 g/mol. The fraction of sp³-hybridized carbons (Fsp3) is 0.0833. The zero-order chi connectivity index (χ0) is 15.5. The molecule has 0 fully saturated rings. The molecule has 1 aromatic heterocycles. The van der Waals surface area contributed by atoms with Crippen molar-refractivity contribution in [2.24, 2.45) is 0 Å². The first-order valence-electron chi connectivity index (χ1n) is 5.69. The smallest absolute Gasteiger partial charge is 0.336 e. The van der Waals surface area contributed by atoms with Crippen molar-refractivity contribution in [1.29, 1.82) is 0 Å². The van der Waals surface area contributed by atoms with E-state index in [-0.39, 0.29) is 17.0 Å². The predicted octanol–water partition coefficient (Wildman–Crippen LogP) is 1.26. The molecule has 0 amide bonds. The molecule has 9 heteroatoms. The van der Waals surface area contributed by atoms with Gasteiger partial charge >= 0.3 is 5.97 Å². The van der Waals surface area contributed by atoms with Crippen LogP contribution in [0.2, 0.25) is 0 Å². The summed E-state index contributed by atoms with van der Waals surface area (Å²) in [6, 6.07) is 7.20. The standard InChI is InChI=1S/C12H10IN3O4S/c13-11-4-3-9(6-10(11)12(17)18)21(19,20)15-7-8-2-1-5-14-16-8/h1-6,15H,7H2,(H,17,18). The minimum atomic E-state index is -3.82. The summed E-state index contributed by atoms with van der Waals surface area (Å²) in [6.07, 6.45) is 1.48. The Labute approximate surface area is 134 Å². The summed E-state index contributed by atoms with van der Waals surface area (Å²) in [6.45, 7) is -0.0232. The number of halogens is 1. The Morgan fingerprint density at radius 2 is 2.10 bits per heavy atom. The zero-order valence-electron chi connectivity index (χ0n) is 10.5. The van der Waals surface area contributed by atoms with E-state index in [2.05, 4.69) is 14.9 Å². The molecule has 2 aromatic rings. The maximum absolute atomic E-state index is 12.1. The van der Waals surface area contributed by atoms with Crippen molar-refractivity contribution in [2.75, 3.05) is 0 Å². The molecule has 0 aliphatic heterocycles. The quantitative estimate of drug-likeness (QED) is 0.707. The van der Waals surface area contributed by atoms with Gasteiger partial charge in [0.1, 0.15) is 0 Å². The van der Waals surface area contributed by atoms with Gasteiger partial charge in [-0.2, -0.15) is 10.2 Å². The number of hydrogen-bond acceptors (Lipinski definition) is 5. The van der Waals surface area contributed by atoms with Crippen molar-refractivity contribution < 1.29 is 18.3 Å². The Morgan fingerprint density at radius 1 is 1.33 bits per heavy atom. The summed E-state index contributed by atoms with van der Waals surface area (Å²) < 4.78 is 27.1. The van der Waals surface area contributed by atoms with Gasteiger partial charge in [-0.05, 0) is 52.9 Å². The van der Waals surface area contributed by atoms with E-state index in [9.17, 15) is 13.2 Å². The van der Waals surface area contributed by atoms with E-state index < -0.39 is 16.0 Å². The Bertz CT molecular complexity index is 765. The number of aromatic carboxylic acids is 1. The Kier molecular flexibility index (Phi) is 4.85. The minimum Gasteiger partial charge on any atom is -0.478 e. The maximum Gasteiger partial charge on any atom is 0.336 e. The zero-order valence-corrected chi connectivity index (χ0v) is 13.5. The lowest BCUT2D eigenvalue weighted by Crippen LogP contribution is -2.24. The van der Waals surface area contributed by atoms with Crippen LogP contribution in [0, 0.1) is 3.57 Å². The number of hydrogen-bond donors (Lipinski definition) is 2. The van der Waals surface area contributed by atoms with Crippen molar-refractivity contribution in [3.05, 3.63) is 51.4 Å². The van der Waals surface area contributed by atoms with Gasteiger partial charge in [0.2, 0.25) is 10.0 Å². The molecule has 110 valence electrons. The average molecular weight is 419 g/mol. The molecule has 2 N–H and O–H groups in total. The average Bonchev–Trinajstić information content (AvgIpc) is 2.46. The van der Waals surface area contributed by atoms with Gasteiger partial charge in [-0.25, -0.2) is 17.9 Å².